The Kier molecular flexibility index (Phi) is 3.58. The minimum atomic E-state index is -0.0163. The van der Waals surface area contributed by atoms with Gasteiger partial charge in [0.2, 0.25) is 0 Å². The lowest BCUT2D eigenvalue weighted by atomic mass is 10.1. The third-order valence-corrected chi connectivity index (χ3v) is 4.88. The Morgan fingerprint density at radius 1 is 1.50 bits per heavy atom. The summed E-state index contributed by atoms with van der Waals surface area (Å²) in [4.78, 5) is 20.1. The number of aromatic nitrogens is 1. The molecule has 20 heavy (non-hydrogen) atoms. The highest BCUT2D eigenvalue weighted by Gasteiger charge is 2.26. The van der Waals surface area contributed by atoms with Gasteiger partial charge in [0.1, 0.15) is 9.71 Å². The number of nitrogens with two attached hydrogens (primary N) is 1. The molecule has 2 aromatic heterocycles. The van der Waals surface area contributed by atoms with E-state index in [0.29, 0.717) is 23.8 Å². The van der Waals surface area contributed by atoms with Gasteiger partial charge in [-0.25, -0.2) is 4.98 Å². The molecule has 6 heteroatoms. The molecule has 5 nitrogen and oxygen atoms in total. The zero-order valence-corrected chi connectivity index (χ0v) is 12.2. The molecule has 0 saturated carbocycles. The van der Waals surface area contributed by atoms with Gasteiger partial charge in [0.25, 0.3) is 5.91 Å². The number of hydrogen-bond donors (Lipinski definition) is 1. The molecule has 0 radical (unpaired) electrons. The average Bonchev–Trinajstić information content (AvgIpc) is 2.84. The highest BCUT2D eigenvalue weighted by molar-refractivity contribution is 7.21. The molecular formula is C14H17N3O2S. The van der Waals surface area contributed by atoms with E-state index >= 15 is 0 Å². The first-order valence-electron chi connectivity index (χ1n) is 6.66. The van der Waals surface area contributed by atoms with Gasteiger partial charge in [0.15, 0.2) is 0 Å². The monoisotopic (exact) mass is 291 g/mol. The average molecular weight is 291 g/mol. The Morgan fingerprint density at radius 2 is 2.25 bits per heavy atom. The molecule has 1 aliphatic rings. The van der Waals surface area contributed by atoms with Crippen LogP contribution in [0.4, 0.5) is 5.69 Å². The Labute approximate surface area is 121 Å². The number of fused-ring (bicyclic) bond motifs is 1. The van der Waals surface area contributed by atoms with Crippen LogP contribution in [0.3, 0.4) is 0 Å². The highest BCUT2D eigenvalue weighted by Crippen LogP contribution is 2.33. The third-order valence-electron chi connectivity index (χ3n) is 3.76. The summed E-state index contributed by atoms with van der Waals surface area (Å²) in [6.07, 6.45) is 3.48. The molecule has 1 aliphatic heterocycles. The number of nitrogens with zero attached hydrogens (tertiary/aromatic N) is 2. The number of hydrogen-bond acceptors (Lipinski definition) is 5. The van der Waals surface area contributed by atoms with Crippen LogP contribution in [0.15, 0.2) is 18.3 Å². The van der Waals surface area contributed by atoms with Crippen LogP contribution in [0.25, 0.3) is 10.2 Å². The summed E-state index contributed by atoms with van der Waals surface area (Å²) in [5, 5.41) is 0.862. The number of carbonyl (C=O) groups excluding carboxylic acids is 1. The zero-order chi connectivity index (χ0) is 14.1. The van der Waals surface area contributed by atoms with E-state index in [1.807, 2.05) is 19.2 Å². The molecule has 0 bridgehead atoms. The minimum absolute atomic E-state index is 0.0163. The molecule has 2 aromatic rings. The summed E-state index contributed by atoms with van der Waals surface area (Å²) in [7, 11) is 1.84. The van der Waals surface area contributed by atoms with Crippen LogP contribution in [0.1, 0.15) is 22.5 Å². The lowest BCUT2D eigenvalue weighted by Crippen LogP contribution is -2.40. The summed E-state index contributed by atoms with van der Waals surface area (Å²) in [5.74, 6) is -0.0163. The second-order valence-corrected chi connectivity index (χ2v) is 5.96. The van der Waals surface area contributed by atoms with Gasteiger partial charge in [-0.05, 0) is 25.0 Å². The molecule has 3 rings (SSSR count). The van der Waals surface area contributed by atoms with Gasteiger partial charge >= 0.3 is 0 Å². The predicted molar refractivity (Wildman–Crippen MR) is 80.0 cm³/mol. The summed E-state index contributed by atoms with van der Waals surface area (Å²) >= 11 is 1.37. The predicted octanol–water partition coefficient (Wildman–Crippen LogP) is 2.13. The molecule has 0 aliphatic carbocycles. The van der Waals surface area contributed by atoms with Crippen LogP contribution >= 0.6 is 11.3 Å². The van der Waals surface area contributed by atoms with Crippen LogP contribution in [-0.2, 0) is 4.74 Å². The second kappa shape index (κ2) is 5.38. The summed E-state index contributed by atoms with van der Waals surface area (Å²) in [6.45, 7) is 1.43. The van der Waals surface area contributed by atoms with Crippen molar-refractivity contribution < 1.29 is 9.53 Å². The first kappa shape index (κ1) is 13.3. The van der Waals surface area contributed by atoms with Gasteiger partial charge in [-0.3, -0.25) is 4.79 Å². The maximum Gasteiger partial charge on any atom is 0.266 e. The minimum Gasteiger partial charge on any atom is -0.397 e. The van der Waals surface area contributed by atoms with Crippen molar-refractivity contribution in [2.75, 3.05) is 26.0 Å². The Hall–Kier alpha value is -1.66. The third kappa shape index (κ3) is 2.25. The molecule has 1 saturated heterocycles. The Morgan fingerprint density at radius 3 is 2.95 bits per heavy atom. The molecule has 1 fully saturated rings. The first-order chi connectivity index (χ1) is 9.68. The van der Waals surface area contributed by atoms with E-state index < -0.39 is 0 Å². The van der Waals surface area contributed by atoms with Gasteiger partial charge in [0.05, 0.1) is 5.69 Å². The summed E-state index contributed by atoms with van der Waals surface area (Å²) in [6, 6.07) is 3.97. The topological polar surface area (TPSA) is 68.5 Å². The molecule has 0 unspecified atom stereocenters. The molecular weight excluding hydrogens is 274 g/mol. The lowest BCUT2D eigenvalue weighted by molar-refractivity contribution is 0.0365. The van der Waals surface area contributed by atoms with Gasteiger partial charge < -0.3 is 15.4 Å². The first-order valence-corrected chi connectivity index (χ1v) is 7.48. The lowest BCUT2D eigenvalue weighted by Gasteiger charge is -2.31. The fourth-order valence-corrected chi connectivity index (χ4v) is 3.55. The van der Waals surface area contributed by atoms with Gasteiger partial charge in [-0.2, -0.15) is 0 Å². The van der Waals surface area contributed by atoms with E-state index in [0.717, 1.165) is 23.1 Å². The van der Waals surface area contributed by atoms with Gasteiger partial charge in [0, 0.05) is 37.9 Å². The van der Waals surface area contributed by atoms with E-state index in [2.05, 4.69) is 4.98 Å². The maximum absolute atomic E-state index is 12.6. The quantitative estimate of drug-likeness (QED) is 0.920. The molecule has 0 aromatic carbocycles. The number of rotatable bonds is 2. The number of nitrogen functional groups attached to an aromatic ring is 1. The van der Waals surface area contributed by atoms with Crippen molar-refractivity contribution in [1.29, 1.82) is 0 Å². The number of pyridine rings is 1. The van der Waals surface area contributed by atoms with Crippen LogP contribution in [-0.4, -0.2) is 42.1 Å². The number of amides is 1. The van der Waals surface area contributed by atoms with Crippen molar-refractivity contribution in [2.24, 2.45) is 0 Å². The van der Waals surface area contributed by atoms with Gasteiger partial charge in [-0.15, -0.1) is 11.3 Å². The standard InChI is InChI=1S/C14H17N3O2S/c1-17(9-4-7-19-8-5-9)14(18)12-11(15)10-3-2-6-16-13(10)20-12/h2-3,6,9H,4-5,7-8,15H2,1H3. The number of anilines is 1. The van der Waals surface area contributed by atoms with E-state index in [9.17, 15) is 4.79 Å². The molecule has 1 amide bonds. The normalized spacial score (nSPS) is 16.4. The number of thiophene rings is 1. The van der Waals surface area contributed by atoms with Crippen molar-refractivity contribution in [3.63, 3.8) is 0 Å². The SMILES string of the molecule is CN(C(=O)c1sc2ncccc2c1N)C1CCOCC1. The van der Waals surface area contributed by atoms with Crippen LogP contribution in [0.5, 0.6) is 0 Å². The molecule has 2 N–H and O–H groups in total. The summed E-state index contributed by atoms with van der Waals surface area (Å²) < 4.78 is 5.34. The Balaban J connectivity index is 1.89. The van der Waals surface area contributed by atoms with Crippen molar-refractivity contribution >= 4 is 33.1 Å². The van der Waals surface area contributed by atoms with Crippen molar-refractivity contribution in [2.45, 2.75) is 18.9 Å². The smallest absolute Gasteiger partial charge is 0.266 e. The van der Waals surface area contributed by atoms with E-state index in [4.69, 9.17) is 10.5 Å². The molecule has 106 valence electrons. The van der Waals surface area contributed by atoms with Crippen LogP contribution < -0.4 is 5.73 Å². The largest absolute Gasteiger partial charge is 0.397 e. The molecule has 3 heterocycles. The zero-order valence-electron chi connectivity index (χ0n) is 11.3. The highest BCUT2D eigenvalue weighted by atomic mass is 32.1. The van der Waals surface area contributed by atoms with E-state index in [1.54, 1.807) is 11.1 Å². The Bertz CT molecular complexity index is 634. The fourth-order valence-electron chi connectivity index (χ4n) is 2.51. The maximum atomic E-state index is 12.6. The molecule has 0 spiro atoms. The second-order valence-electron chi connectivity index (χ2n) is 4.96. The van der Waals surface area contributed by atoms with Gasteiger partial charge in [-0.1, -0.05) is 0 Å². The fraction of sp³-hybridized carbons (Fsp3) is 0.429. The molecule has 0 atom stereocenters. The van der Waals surface area contributed by atoms with Crippen LogP contribution in [0.2, 0.25) is 0 Å². The number of ether oxygens (including phenoxy) is 1. The van der Waals surface area contributed by atoms with E-state index in [-0.39, 0.29) is 11.9 Å². The van der Waals surface area contributed by atoms with E-state index in [1.165, 1.54) is 11.3 Å². The van der Waals surface area contributed by atoms with Crippen molar-refractivity contribution in [3.05, 3.63) is 23.2 Å². The van der Waals surface area contributed by atoms with Crippen molar-refractivity contribution in [1.82, 2.24) is 9.88 Å². The van der Waals surface area contributed by atoms with Crippen LogP contribution in [0, 0.1) is 0 Å². The van der Waals surface area contributed by atoms with Crippen molar-refractivity contribution in [3.8, 4) is 0 Å². The number of carbonyl (C=O) groups is 1. The summed E-state index contributed by atoms with van der Waals surface area (Å²) in [5.41, 5.74) is 6.65.